The highest BCUT2D eigenvalue weighted by Gasteiger charge is 2.17. The Bertz CT molecular complexity index is 508. The number of amides is 2. The van der Waals surface area contributed by atoms with Gasteiger partial charge in [0.15, 0.2) is 17.5 Å². The molecule has 0 spiro atoms. The van der Waals surface area contributed by atoms with Gasteiger partial charge in [-0.3, -0.25) is 4.79 Å². The van der Waals surface area contributed by atoms with Gasteiger partial charge in [-0.15, -0.1) is 0 Å². The maximum atomic E-state index is 13.3. The molecule has 1 aromatic rings. The first-order chi connectivity index (χ1) is 8.82. The average Bonchev–Trinajstić information content (AvgIpc) is 2.36. The van der Waals surface area contributed by atoms with Gasteiger partial charge < -0.3 is 15.3 Å². The number of aliphatic carboxylic acids is 1. The van der Waals surface area contributed by atoms with Crippen molar-refractivity contribution >= 4 is 17.7 Å². The molecule has 0 aromatic heterocycles. The van der Waals surface area contributed by atoms with Crippen molar-refractivity contribution in [1.82, 2.24) is 4.90 Å². The minimum Gasteiger partial charge on any atom is -0.481 e. The first kappa shape index (κ1) is 14.8. The lowest BCUT2D eigenvalue weighted by molar-refractivity contribution is -0.137. The summed E-state index contributed by atoms with van der Waals surface area (Å²) < 4.78 is 38.8. The van der Waals surface area contributed by atoms with Gasteiger partial charge in [0.2, 0.25) is 0 Å². The summed E-state index contributed by atoms with van der Waals surface area (Å²) in [6, 6.07) is 0.716. The maximum Gasteiger partial charge on any atom is 0.321 e. The number of hydrogen-bond donors (Lipinski definition) is 2. The van der Waals surface area contributed by atoms with Crippen LogP contribution in [0.4, 0.5) is 23.7 Å². The summed E-state index contributed by atoms with van der Waals surface area (Å²) in [7, 11) is 1.29. The van der Waals surface area contributed by atoms with Crippen molar-refractivity contribution in [3.63, 3.8) is 0 Å². The Morgan fingerprint density at radius 1 is 1.26 bits per heavy atom. The van der Waals surface area contributed by atoms with Gasteiger partial charge in [-0.25, -0.2) is 18.0 Å². The number of rotatable bonds is 4. The number of carboxylic acids is 1. The van der Waals surface area contributed by atoms with Gasteiger partial charge in [-0.2, -0.15) is 0 Å². The number of carboxylic acid groups (broad SMARTS) is 1. The summed E-state index contributed by atoms with van der Waals surface area (Å²) in [5.74, 6) is -5.67. The van der Waals surface area contributed by atoms with Crippen LogP contribution in [0, 0.1) is 17.5 Å². The molecule has 8 heteroatoms. The second-order valence-corrected chi connectivity index (χ2v) is 3.72. The molecule has 2 amide bonds. The Balaban J connectivity index is 2.72. The Morgan fingerprint density at radius 2 is 1.89 bits per heavy atom. The molecule has 5 nitrogen and oxygen atoms in total. The van der Waals surface area contributed by atoms with E-state index in [9.17, 15) is 22.8 Å². The van der Waals surface area contributed by atoms with E-state index in [-0.39, 0.29) is 13.0 Å². The van der Waals surface area contributed by atoms with Gasteiger partial charge in [-0.1, -0.05) is 0 Å². The molecule has 0 radical (unpaired) electrons. The lowest BCUT2D eigenvalue weighted by Gasteiger charge is -2.17. The van der Waals surface area contributed by atoms with Gasteiger partial charge in [0, 0.05) is 13.6 Å². The van der Waals surface area contributed by atoms with E-state index in [4.69, 9.17) is 5.11 Å². The van der Waals surface area contributed by atoms with Crippen LogP contribution in [0.25, 0.3) is 0 Å². The smallest absolute Gasteiger partial charge is 0.321 e. The van der Waals surface area contributed by atoms with E-state index >= 15 is 0 Å². The number of carbonyl (C=O) groups is 2. The molecular weight excluding hydrogens is 265 g/mol. The Kier molecular flexibility index (Phi) is 4.74. The van der Waals surface area contributed by atoms with Crippen molar-refractivity contribution < 1.29 is 27.9 Å². The maximum absolute atomic E-state index is 13.3. The quantitative estimate of drug-likeness (QED) is 0.827. The molecule has 0 atom stereocenters. The standard InChI is InChI=1S/C11H11F3N2O3/c1-16(5-4-8(17)18)11(19)15-7-3-2-6(12)9(13)10(7)14/h2-3H,4-5H2,1H3,(H,15,19)(H,17,18). The predicted molar refractivity (Wildman–Crippen MR) is 60.2 cm³/mol. The third-order valence-electron chi connectivity index (χ3n) is 2.28. The molecule has 104 valence electrons. The molecule has 0 saturated carbocycles. The third kappa shape index (κ3) is 3.87. The van der Waals surface area contributed by atoms with Crippen molar-refractivity contribution in [3.8, 4) is 0 Å². The highest BCUT2D eigenvalue weighted by Crippen LogP contribution is 2.19. The monoisotopic (exact) mass is 276 g/mol. The molecule has 1 aromatic carbocycles. The van der Waals surface area contributed by atoms with Crippen molar-refractivity contribution in [2.45, 2.75) is 6.42 Å². The molecule has 1 rings (SSSR count). The normalized spacial score (nSPS) is 10.1. The number of halogens is 3. The van der Waals surface area contributed by atoms with Crippen molar-refractivity contribution in [1.29, 1.82) is 0 Å². The van der Waals surface area contributed by atoms with Crippen LogP contribution in [0.2, 0.25) is 0 Å². The van der Waals surface area contributed by atoms with E-state index in [1.165, 1.54) is 7.05 Å². The lowest BCUT2D eigenvalue weighted by Crippen LogP contribution is -2.33. The summed E-state index contributed by atoms with van der Waals surface area (Å²) >= 11 is 0. The Morgan fingerprint density at radius 3 is 2.47 bits per heavy atom. The van der Waals surface area contributed by atoms with Gasteiger partial charge in [0.1, 0.15) is 0 Å². The van der Waals surface area contributed by atoms with Crippen LogP contribution in [0.1, 0.15) is 6.42 Å². The number of nitrogens with zero attached hydrogens (tertiary/aromatic N) is 1. The zero-order chi connectivity index (χ0) is 14.6. The van der Waals surface area contributed by atoms with E-state index < -0.39 is 35.1 Å². The molecule has 0 saturated heterocycles. The van der Waals surface area contributed by atoms with Gasteiger partial charge in [-0.05, 0) is 12.1 Å². The summed E-state index contributed by atoms with van der Waals surface area (Å²) in [5.41, 5.74) is -0.522. The fraction of sp³-hybridized carbons (Fsp3) is 0.273. The number of benzene rings is 1. The number of nitrogens with one attached hydrogen (secondary N) is 1. The van der Waals surface area contributed by atoms with Crippen LogP contribution in [0.5, 0.6) is 0 Å². The van der Waals surface area contributed by atoms with Crippen molar-refractivity contribution in [2.24, 2.45) is 0 Å². The van der Waals surface area contributed by atoms with E-state index in [0.717, 1.165) is 11.0 Å². The zero-order valence-corrected chi connectivity index (χ0v) is 9.91. The summed E-state index contributed by atoms with van der Waals surface area (Å²) in [5, 5.41) is 10.4. The largest absolute Gasteiger partial charge is 0.481 e. The highest BCUT2D eigenvalue weighted by molar-refractivity contribution is 5.89. The van der Waals surface area contributed by atoms with Crippen LogP contribution < -0.4 is 5.32 Å². The molecule has 0 fully saturated rings. The van der Waals surface area contributed by atoms with Crippen molar-refractivity contribution in [3.05, 3.63) is 29.6 Å². The van der Waals surface area contributed by atoms with Crippen LogP contribution in [0.15, 0.2) is 12.1 Å². The predicted octanol–water partition coefficient (Wildman–Crippen LogP) is 2.04. The van der Waals surface area contributed by atoms with E-state index in [0.29, 0.717) is 6.07 Å². The minimum atomic E-state index is -1.69. The SMILES string of the molecule is CN(CCC(=O)O)C(=O)Nc1ccc(F)c(F)c1F. The second-order valence-electron chi connectivity index (χ2n) is 3.72. The molecule has 0 unspecified atom stereocenters. The van der Waals surface area contributed by atoms with Gasteiger partial charge >= 0.3 is 12.0 Å². The molecule has 0 heterocycles. The number of hydrogen-bond acceptors (Lipinski definition) is 2. The molecule has 2 N–H and O–H groups in total. The minimum absolute atomic E-state index is 0.105. The molecule has 19 heavy (non-hydrogen) atoms. The molecular formula is C11H11F3N2O3. The molecule has 0 aliphatic rings. The second kappa shape index (κ2) is 6.07. The fourth-order valence-corrected chi connectivity index (χ4v) is 1.20. The highest BCUT2D eigenvalue weighted by atomic mass is 19.2. The Labute approximate surface area is 106 Å². The Hall–Kier alpha value is -2.25. The summed E-state index contributed by atoms with van der Waals surface area (Å²) in [6.45, 7) is -0.105. The van der Waals surface area contributed by atoms with Crippen molar-refractivity contribution in [2.75, 3.05) is 18.9 Å². The molecule has 0 bridgehead atoms. The average molecular weight is 276 g/mol. The van der Waals surface area contributed by atoms with Crippen LogP contribution in [-0.4, -0.2) is 35.6 Å². The van der Waals surface area contributed by atoms with Crippen LogP contribution in [-0.2, 0) is 4.79 Å². The van der Waals surface area contributed by atoms with Gasteiger partial charge in [0.25, 0.3) is 0 Å². The number of carbonyl (C=O) groups excluding carboxylic acids is 1. The van der Waals surface area contributed by atoms with Gasteiger partial charge in [0.05, 0.1) is 12.1 Å². The lowest BCUT2D eigenvalue weighted by atomic mass is 10.3. The van der Waals surface area contributed by atoms with Crippen LogP contribution in [0.3, 0.4) is 0 Å². The number of urea groups is 1. The zero-order valence-electron chi connectivity index (χ0n) is 9.91. The number of anilines is 1. The molecule has 0 aliphatic carbocycles. The first-order valence-electron chi connectivity index (χ1n) is 5.20. The first-order valence-corrected chi connectivity index (χ1v) is 5.20. The van der Waals surface area contributed by atoms with E-state index in [1.54, 1.807) is 0 Å². The topological polar surface area (TPSA) is 69.6 Å². The van der Waals surface area contributed by atoms with Crippen LogP contribution >= 0.6 is 0 Å². The van der Waals surface area contributed by atoms with E-state index in [1.807, 2.05) is 5.32 Å². The fourth-order valence-electron chi connectivity index (χ4n) is 1.20. The third-order valence-corrected chi connectivity index (χ3v) is 2.28. The summed E-state index contributed by atoms with van der Waals surface area (Å²) in [6.07, 6.45) is -0.288. The summed E-state index contributed by atoms with van der Waals surface area (Å²) in [4.78, 5) is 22.8. The molecule has 0 aliphatic heterocycles. The van der Waals surface area contributed by atoms with E-state index in [2.05, 4.69) is 0 Å².